The minimum atomic E-state index is -0.140. The van der Waals surface area contributed by atoms with Gasteiger partial charge >= 0.3 is 6.09 Å². The van der Waals surface area contributed by atoms with Gasteiger partial charge in [0.15, 0.2) is 0 Å². The molecule has 146 valence electrons. The zero-order chi connectivity index (χ0) is 18.4. The molecule has 3 saturated heterocycles. The van der Waals surface area contributed by atoms with Crippen molar-refractivity contribution in [3.05, 3.63) is 11.6 Å². The van der Waals surface area contributed by atoms with E-state index in [1.165, 1.54) is 12.0 Å². The van der Waals surface area contributed by atoms with Gasteiger partial charge in [-0.3, -0.25) is 0 Å². The Labute approximate surface area is 157 Å². The van der Waals surface area contributed by atoms with Crippen LogP contribution in [0.1, 0.15) is 65.7 Å². The minimum Gasteiger partial charge on any atom is -0.446 e. The zero-order valence-electron chi connectivity index (χ0n) is 16.5. The third-order valence-corrected chi connectivity index (χ3v) is 6.83. The molecule has 3 aliphatic heterocycles. The summed E-state index contributed by atoms with van der Waals surface area (Å²) in [4.78, 5) is 14.4. The van der Waals surface area contributed by atoms with Crippen molar-refractivity contribution in [2.75, 3.05) is 19.7 Å². The molecule has 0 radical (unpaired) electrons. The van der Waals surface area contributed by atoms with Crippen molar-refractivity contribution in [1.29, 1.82) is 0 Å². The molecule has 0 aromatic heterocycles. The number of piperidine rings is 1. The Morgan fingerprint density at radius 2 is 2.00 bits per heavy atom. The number of amides is 1. The van der Waals surface area contributed by atoms with Gasteiger partial charge in [-0.15, -0.1) is 0 Å². The van der Waals surface area contributed by atoms with E-state index in [-0.39, 0.29) is 29.5 Å². The molecule has 1 saturated carbocycles. The average molecular weight is 363 g/mol. The van der Waals surface area contributed by atoms with Crippen LogP contribution in [0.25, 0.3) is 0 Å². The lowest BCUT2D eigenvalue weighted by molar-refractivity contribution is -0.0110. The maximum Gasteiger partial charge on any atom is 0.410 e. The summed E-state index contributed by atoms with van der Waals surface area (Å²) < 4.78 is 18.0. The number of carbonyl (C=O) groups excluding carboxylic acids is 1. The van der Waals surface area contributed by atoms with Gasteiger partial charge in [0, 0.05) is 19.0 Å². The van der Waals surface area contributed by atoms with E-state index in [0.29, 0.717) is 5.92 Å². The van der Waals surface area contributed by atoms with E-state index in [2.05, 4.69) is 26.8 Å². The van der Waals surface area contributed by atoms with Crippen LogP contribution in [0.15, 0.2) is 11.6 Å². The lowest BCUT2D eigenvalue weighted by Gasteiger charge is -2.37. The van der Waals surface area contributed by atoms with Gasteiger partial charge in [0.1, 0.15) is 6.10 Å². The Bertz CT molecular complexity index is 575. The van der Waals surface area contributed by atoms with E-state index >= 15 is 0 Å². The van der Waals surface area contributed by atoms with Crippen molar-refractivity contribution < 1.29 is 19.0 Å². The van der Waals surface area contributed by atoms with Crippen LogP contribution in [0.2, 0.25) is 0 Å². The Hall–Kier alpha value is -1.07. The van der Waals surface area contributed by atoms with Crippen LogP contribution < -0.4 is 0 Å². The topological polar surface area (TPSA) is 54.6 Å². The predicted molar refractivity (Wildman–Crippen MR) is 99.0 cm³/mol. The first-order chi connectivity index (χ1) is 12.4. The molecule has 4 rings (SSSR count). The second kappa shape index (κ2) is 6.83. The maximum absolute atomic E-state index is 12.5. The summed E-state index contributed by atoms with van der Waals surface area (Å²) in [5, 5.41) is 0. The Morgan fingerprint density at radius 3 is 2.65 bits per heavy atom. The monoisotopic (exact) mass is 363 g/mol. The maximum atomic E-state index is 12.5. The highest BCUT2D eigenvalue weighted by atomic mass is 16.6. The summed E-state index contributed by atoms with van der Waals surface area (Å²) in [5.41, 5.74) is 1.17. The number of epoxide rings is 2. The summed E-state index contributed by atoms with van der Waals surface area (Å²) in [5.74, 6) is 0.318. The van der Waals surface area contributed by atoms with Gasteiger partial charge in [-0.25, -0.2) is 4.79 Å². The van der Waals surface area contributed by atoms with Crippen LogP contribution in [-0.4, -0.2) is 54.1 Å². The molecule has 4 aliphatic rings. The van der Waals surface area contributed by atoms with Crippen LogP contribution in [0.3, 0.4) is 0 Å². The van der Waals surface area contributed by atoms with E-state index in [0.717, 1.165) is 58.2 Å². The smallest absolute Gasteiger partial charge is 0.410 e. The molecule has 4 fully saturated rings. The molecule has 5 atom stereocenters. The second-order valence-corrected chi connectivity index (χ2v) is 9.04. The largest absolute Gasteiger partial charge is 0.446 e. The van der Waals surface area contributed by atoms with E-state index in [9.17, 15) is 4.79 Å². The number of likely N-dealkylation sites (tertiary alicyclic amines) is 1. The zero-order valence-corrected chi connectivity index (χ0v) is 16.5. The second-order valence-electron chi connectivity index (χ2n) is 9.04. The van der Waals surface area contributed by atoms with Gasteiger partial charge in [-0.05, 0) is 65.7 Å². The molecular formula is C21H33NO4. The molecule has 1 amide bonds. The van der Waals surface area contributed by atoms with Gasteiger partial charge in [0.2, 0.25) is 0 Å². The van der Waals surface area contributed by atoms with Crippen molar-refractivity contribution in [2.45, 2.75) is 89.1 Å². The Balaban J connectivity index is 1.37. The van der Waals surface area contributed by atoms with Crippen LogP contribution in [0, 0.1) is 5.92 Å². The minimum absolute atomic E-state index is 0.00520. The molecule has 1 aliphatic carbocycles. The SMILES string of the molecule is CC(C)=CC[C@H]1O[C@]1(C)[C@H]1C[C@H](OC(=O)N2CCCCC2)CC[C@]12CO2. The van der Waals surface area contributed by atoms with Crippen molar-refractivity contribution in [3.63, 3.8) is 0 Å². The summed E-state index contributed by atoms with van der Waals surface area (Å²) in [6.45, 7) is 8.99. The van der Waals surface area contributed by atoms with E-state index in [1.807, 2.05) is 4.90 Å². The quantitative estimate of drug-likeness (QED) is 0.558. The standard InChI is InChI=1S/C21H33NO4/c1-15(2)7-8-18-20(3,26-18)17-13-16(9-10-21(17)14-24-21)25-19(23)22-11-5-4-6-12-22/h7,16-18H,4-6,8-14H2,1-3H3/t16-,17-,18-,20-,21+/m1/s1. The predicted octanol–water partition coefficient (Wildman–Crippen LogP) is 4.06. The highest BCUT2D eigenvalue weighted by molar-refractivity contribution is 5.67. The van der Waals surface area contributed by atoms with Gasteiger partial charge < -0.3 is 19.1 Å². The summed E-state index contributed by atoms with van der Waals surface area (Å²) in [6.07, 6.45) is 9.51. The average Bonchev–Trinajstić information content (AvgIpc) is 3.54. The lowest BCUT2D eigenvalue weighted by atomic mass is 9.70. The number of allylic oxidation sites excluding steroid dienone is 1. The lowest BCUT2D eigenvalue weighted by Crippen LogP contribution is -2.46. The van der Waals surface area contributed by atoms with E-state index in [4.69, 9.17) is 14.2 Å². The van der Waals surface area contributed by atoms with Gasteiger partial charge in [0.05, 0.1) is 23.9 Å². The molecule has 0 aromatic carbocycles. The number of ether oxygens (including phenoxy) is 3. The fraction of sp³-hybridized carbons (Fsp3) is 0.857. The van der Waals surface area contributed by atoms with Crippen molar-refractivity contribution in [1.82, 2.24) is 4.90 Å². The number of nitrogens with zero attached hydrogens (tertiary/aromatic N) is 1. The Kier molecular flexibility index (Phi) is 4.81. The fourth-order valence-corrected chi connectivity index (χ4v) is 4.97. The van der Waals surface area contributed by atoms with Crippen LogP contribution in [-0.2, 0) is 14.2 Å². The molecule has 0 aromatic rings. The van der Waals surface area contributed by atoms with E-state index < -0.39 is 0 Å². The van der Waals surface area contributed by atoms with E-state index in [1.54, 1.807) is 0 Å². The van der Waals surface area contributed by atoms with Crippen molar-refractivity contribution >= 4 is 6.09 Å². The van der Waals surface area contributed by atoms with Crippen molar-refractivity contribution in [2.24, 2.45) is 5.92 Å². The highest BCUT2D eigenvalue weighted by Crippen LogP contribution is 2.59. The molecule has 3 heterocycles. The Morgan fingerprint density at radius 1 is 1.27 bits per heavy atom. The van der Waals surface area contributed by atoms with Gasteiger partial charge in [-0.2, -0.15) is 0 Å². The van der Waals surface area contributed by atoms with Crippen molar-refractivity contribution in [3.8, 4) is 0 Å². The fourth-order valence-electron chi connectivity index (χ4n) is 4.97. The molecule has 0 N–H and O–H groups in total. The number of hydrogen-bond donors (Lipinski definition) is 0. The molecular weight excluding hydrogens is 330 g/mol. The van der Waals surface area contributed by atoms with Gasteiger partial charge in [0.25, 0.3) is 0 Å². The molecule has 0 bridgehead atoms. The summed E-state index contributed by atoms with van der Waals surface area (Å²) in [6, 6.07) is 0. The summed E-state index contributed by atoms with van der Waals surface area (Å²) >= 11 is 0. The number of hydrogen-bond acceptors (Lipinski definition) is 4. The third kappa shape index (κ3) is 3.53. The van der Waals surface area contributed by atoms with Gasteiger partial charge in [-0.1, -0.05) is 11.6 Å². The molecule has 5 heteroatoms. The number of rotatable bonds is 4. The first kappa shape index (κ1) is 18.3. The molecule has 1 spiro atoms. The molecule has 26 heavy (non-hydrogen) atoms. The molecule has 0 unspecified atom stereocenters. The first-order valence-corrected chi connectivity index (χ1v) is 10.3. The van der Waals surface area contributed by atoms with Crippen LogP contribution in [0.5, 0.6) is 0 Å². The highest BCUT2D eigenvalue weighted by Gasteiger charge is 2.68. The molecule has 5 nitrogen and oxygen atoms in total. The first-order valence-electron chi connectivity index (χ1n) is 10.3. The van der Waals surface area contributed by atoms with Crippen LogP contribution in [0.4, 0.5) is 4.79 Å². The third-order valence-electron chi connectivity index (χ3n) is 6.83. The summed E-state index contributed by atoms with van der Waals surface area (Å²) in [7, 11) is 0. The van der Waals surface area contributed by atoms with Crippen LogP contribution >= 0.6 is 0 Å². The normalized spacial score (nSPS) is 41.7. The number of carbonyl (C=O) groups is 1.